The lowest BCUT2D eigenvalue weighted by molar-refractivity contribution is 0.599. The largest absolute Gasteiger partial charge is 0.121 e. The fourth-order valence-electron chi connectivity index (χ4n) is 1.11. The minimum Gasteiger partial charge on any atom is -0.121 e. The molecule has 0 nitrogen and oxygen atoms in total. The third kappa shape index (κ3) is 8.67. The summed E-state index contributed by atoms with van der Waals surface area (Å²) in [6.45, 7) is 3.80. The van der Waals surface area contributed by atoms with E-state index >= 15 is 0 Å². The SMILES string of the molecule is [CH2]CCCCCCCC(Cl)[CH]Cl. The van der Waals surface area contributed by atoms with E-state index in [0.717, 1.165) is 12.8 Å². The molecular formula is C10H18Cl2. The number of hydrogen-bond acceptors (Lipinski definition) is 0. The standard InChI is InChI=1S/C10H18Cl2/c1-2-3-4-5-6-7-8-10(12)9-11/h9-10H,1-8H2. The van der Waals surface area contributed by atoms with Crippen molar-refractivity contribution in [3.63, 3.8) is 0 Å². The molecule has 12 heavy (non-hydrogen) atoms. The van der Waals surface area contributed by atoms with E-state index in [1.807, 2.05) is 0 Å². The van der Waals surface area contributed by atoms with Crippen LogP contribution in [0.25, 0.3) is 0 Å². The van der Waals surface area contributed by atoms with Crippen LogP contribution >= 0.6 is 23.2 Å². The van der Waals surface area contributed by atoms with Gasteiger partial charge in [-0.3, -0.25) is 0 Å². The highest BCUT2D eigenvalue weighted by molar-refractivity contribution is 6.31. The van der Waals surface area contributed by atoms with Crippen molar-refractivity contribution < 1.29 is 0 Å². The summed E-state index contributed by atoms with van der Waals surface area (Å²) in [7, 11) is 0. The summed E-state index contributed by atoms with van der Waals surface area (Å²) in [6, 6.07) is 0. The summed E-state index contributed by atoms with van der Waals surface area (Å²) in [5, 5.41) is 0.0551. The average molecular weight is 209 g/mol. The smallest absolute Gasteiger partial charge is 0.0677 e. The molecule has 0 amide bonds. The van der Waals surface area contributed by atoms with Gasteiger partial charge >= 0.3 is 0 Å². The van der Waals surface area contributed by atoms with Crippen molar-refractivity contribution >= 4 is 23.2 Å². The van der Waals surface area contributed by atoms with E-state index in [4.69, 9.17) is 23.2 Å². The van der Waals surface area contributed by atoms with Gasteiger partial charge in [0.05, 0.1) is 11.3 Å². The zero-order valence-corrected chi connectivity index (χ0v) is 9.08. The van der Waals surface area contributed by atoms with Gasteiger partial charge in [-0.15, -0.1) is 23.2 Å². The molecule has 1 atom stereocenters. The van der Waals surface area contributed by atoms with Crippen molar-refractivity contribution in [3.8, 4) is 0 Å². The lowest BCUT2D eigenvalue weighted by Gasteiger charge is -2.03. The zero-order chi connectivity index (χ0) is 9.23. The van der Waals surface area contributed by atoms with Gasteiger partial charge in [0.2, 0.25) is 0 Å². The Bertz CT molecular complexity index is 83.9. The molecule has 0 bridgehead atoms. The molecule has 0 aromatic heterocycles. The molecule has 2 heteroatoms. The van der Waals surface area contributed by atoms with Gasteiger partial charge in [-0.1, -0.05) is 45.4 Å². The van der Waals surface area contributed by atoms with Crippen molar-refractivity contribution in [1.82, 2.24) is 0 Å². The van der Waals surface area contributed by atoms with Crippen molar-refractivity contribution in [1.29, 1.82) is 0 Å². The molecule has 0 rings (SSSR count). The summed E-state index contributed by atoms with van der Waals surface area (Å²) in [5.74, 6) is 1.54. The molecule has 0 heterocycles. The first-order valence-corrected chi connectivity index (χ1v) is 5.55. The lowest BCUT2D eigenvalue weighted by Crippen LogP contribution is -1.94. The van der Waals surface area contributed by atoms with Gasteiger partial charge in [0.15, 0.2) is 0 Å². The Morgan fingerprint density at radius 2 is 1.67 bits per heavy atom. The van der Waals surface area contributed by atoms with Gasteiger partial charge in [-0.2, -0.15) is 0 Å². The molecule has 0 spiro atoms. The number of alkyl halides is 1. The predicted octanol–water partition coefficient (Wildman–Crippen LogP) is 4.56. The molecule has 2 radical (unpaired) electrons. The summed E-state index contributed by atoms with van der Waals surface area (Å²) in [6.07, 6.45) is 8.40. The highest BCUT2D eigenvalue weighted by atomic mass is 35.5. The normalized spacial score (nSPS) is 13.2. The van der Waals surface area contributed by atoms with Crippen LogP contribution in [0.15, 0.2) is 0 Å². The summed E-state index contributed by atoms with van der Waals surface area (Å²) >= 11 is 11.3. The number of halogens is 2. The van der Waals surface area contributed by atoms with Gasteiger partial charge in [0, 0.05) is 0 Å². The Morgan fingerprint density at radius 1 is 1.08 bits per heavy atom. The van der Waals surface area contributed by atoms with E-state index in [-0.39, 0.29) is 5.38 Å². The average Bonchev–Trinajstić information content (AvgIpc) is 2.10. The molecule has 0 aliphatic heterocycles. The number of rotatable bonds is 8. The van der Waals surface area contributed by atoms with Crippen LogP contribution in [0.3, 0.4) is 0 Å². The summed E-state index contributed by atoms with van der Waals surface area (Å²) in [5.41, 5.74) is 0. The monoisotopic (exact) mass is 208 g/mol. The minimum atomic E-state index is 0.0551. The molecule has 0 fully saturated rings. The van der Waals surface area contributed by atoms with E-state index < -0.39 is 0 Å². The van der Waals surface area contributed by atoms with Crippen molar-refractivity contribution in [2.24, 2.45) is 0 Å². The fraction of sp³-hybridized carbons (Fsp3) is 0.800. The summed E-state index contributed by atoms with van der Waals surface area (Å²) < 4.78 is 0. The Morgan fingerprint density at radius 3 is 2.25 bits per heavy atom. The topological polar surface area (TPSA) is 0 Å². The molecule has 1 unspecified atom stereocenters. The molecular weight excluding hydrogens is 191 g/mol. The first kappa shape index (κ1) is 12.6. The van der Waals surface area contributed by atoms with Crippen LogP contribution in [0.4, 0.5) is 0 Å². The highest BCUT2D eigenvalue weighted by Gasteiger charge is 2.01. The molecule has 0 saturated heterocycles. The predicted molar refractivity (Wildman–Crippen MR) is 57.5 cm³/mol. The Labute approximate surface area is 86.6 Å². The molecule has 0 aromatic rings. The zero-order valence-electron chi connectivity index (χ0n) is 7.57. The van der Waals surface area contributed by atoms with E-state index in [9.17, 15) is 0 Å². The van der Waals surface area contributed by atoms with Crippen LogP contribution in [-0.2, 0) is 0 Å². The number of unbranched alkanes of at least 4 members (excludes halogenated alkanes) is 5. The molecule has 0 aliphatic rings. The maximum Gasteiger partial charge on any atom is 0.0677 e. The maximum atomic E-state index is 5.81. The Hall–Kier alpha value is 0.580. The van der Waals surface area contributed by atoms with Crippen molar-refractivity contribution in [2.75, 3.05) is 0 Å². The Kier molecular flexibility index (Phi) is 10.1. The summed E-state index contributed by atoms with van der Waals surface area (Å²) in [4.78, 5) is 0. The fourth-order valence-corrected chi connectivity index (χ4v) is 1.39. The first-order chi connectivity index (χ1) is 5.81. The van der Waals surface area contributed by atoms with Crippen LogP contribution in [0.1, 0.15) is 44.9 Å². The van der Waals surface area contributed by atoms with E-state index in [0.29, 0.717) is 0 Å². The van der Waals surface area contributed by atoms with Gasteiger partial charge in [-0.05, 0) is 6.42 Å². The van der Waals surface area contributed by atoms with Crippen molar-refractivity contribution in [3.05, 3.63) is 12.8 Å². The number of hydrogen-bond donors (Lipinski definition) is 0. The van der Waals surface area contributed by atoms with Crippen LogP contribution in [0.2, 0.25) is 0 Å². The second-order valence-corrected chi connectivity index (χ2v) is 3.86. The molecule has 0 aromatic carbocycles. The van der Waals surface area contributed by atoms with Crippen LogP contribution in [0, 0.1) is 12.8 Å². The second-order valence-electron chi connectivity index (χ2n) is 3.05. The third-order valence-corrected chi connectivity index (χ3v) is 2.64. The Balaban J connectivity index is 2.90. The molecule has 0 aliphatic carbocycles. The van der Waals surface area contributed by atoms with Gasteiger partial charge in [0.1, 0.15) is 0 Å². The van der Waals surface area contributed by atoms with E-state index in [1.54, 1.807) is 0 Å². The van der Waals surface area contributed by atoms with Gasteiger partial charge < -0.3 is 0 Å². The van der Waals surface area contributed by atoms with Crippen LogP contribution in [0.5, 0.6) is 0 Å². The van der Waals surface area contributed by atoms with E-state index in [2.05, 4.69) is 6.92 Å². The lowest BCUT2D eigenvalue weighted by atomic mass is 10.1. The van der Waals surface area contributed by atoms with Crippen molar-refractivity contribution in [2.45, 2.75) is 50.3 Å². The first-order valence-electron chi connectivity index (χ1n) is 4.68. The second kappa shape index (κ2) is 9.67. The quantitative estimate of drug-likeness (QED) is 0.406. The van der Waals surface area contributed by atoms with Gasteiger partial charge in [0.25, 0.3) is 0 Å². The molecule has 0 N–H and O–H groups in total. The van der Waals surface area contributed by atoms with Crippen LogP contribution < -0.4 is 0 Å². The highest BCUT2D eigenvalue weighted by Crippen LogP contribution is 2.14. The van der Waals surface area contributed by atoms with E-state index in [1.165, 1.54) is 38.0 Å². The minimum absolute atomic E-state index is 0.0551. The third-order valence-electron chi connectivity index (χ3n) is 1.87. The maximum absolute atomic E-state index is 5.81. The molecule has 0 saturated carbocycles. The van der Waals surface area contributed by atoms with Crippen LogP contribution in [-0.4, -0.2) is 5.38 Å². The van der Waals surface area contributed by atoms with Gasteiger partial charge in [-0.25, -0.2) is 0 Å². The molecule has 72 valence electrons.